The van der Waals surface area contributed by atoms with E-state index in [1.54, 1.807) is 41.4 Å². The zero-order valence-corrected chi connectivity index (χ0v) is 16.9. The summed E-state index contributed by atoms with van der Waals surface area (Å²) in [6.07, 6.45) is 5.66. The predicted molar refractivity (Wildman–Crippen MR) is 115 cm³/mol. The second kappa shape index (κ2) is 8.59. The fourth-order valence-electron chi connectivity index (χ4n) is 4.32. The van der Waals surface area contributed by atoms with Gasteiger partial charge < -0.3 is 21.1 Å². The summed E-state index contributed by atoms with van der Waals surface area (Å²) in [7, 11) is 0. The molecule has 2 aromatic rings. The van der Waals surface area contributed by atoms with Crippen molar-refractivity contribution in [2.75, 3.05) is 25.4 Å². The Labute approximate surface area is 179 Å². The number of anilines is 1. The molecular formula is C23H24N4O4. The van der Waals surface area contributed by atoms with E-state index in [0.29, 0.717) is 48.8 Å². The number of aromatic carboxylic acids is 1. The number of nitrogen functional groups attached to an aromatic ring is 1. The lowest BCUT2D eigenvalue weighted by atomic mass is 10.1. The molecule has 1 aliphatic heterocycles. The molecular weight excluding hydrogens is 396 g/mol. The summed E-state index contributed by atoms with van der Waals surface area (Å²) in [6.45, 7) is 1.96. The van der Waals surface area contributed by atoms with Crippen LogP contribution in [0.5, 0.6) is 0 Å². The number of carboxylic acid groups (broad SMARTS) is 1. The molecule has 0 bridgehead atoms. The number of pyridine rings is 1. The number of nitrogens with two attached hydrogens (primary N) is 1. The number of nitrogens with zero attached hydrogens (tertiary/aromatic N) is 2. The second-order valence-electron chi connectivity index (χ2n) is 8.02. The van der Waals surface area contributed by atoms with Crippen molar-refractivity contribution in [1.29, 1.82) is 0 Å². The third-order valence-corrected chi connectivity index (χ3v) is 6.03. The van der Waals surface area contributed by atoms with Gasteiger partial charge in [0.25, 0.3) is 5.91 Å². The van der Waals surface area contributed by atoms with Gasteiger partial charge in [-0.2, -0.15) is 0 Å². The van der Waals surface area contributed by atoms with Crippen LogP contribution in [0, 0.1) is 17.8 Å². The third kappa shape index (κ3) is 4.74. The van der Waals surface area contributed by atoms with Crippen LogP contribution in [0.1, 0.15) is 32.7 Å². The van der Waals surface area contributed by atoms with Gasteiger partial charge in [0, 0.05) is 37.5 Å². The fourth-order valence-corrected chi connectivity index (χ4v) is 4.32. The summed E-state index contributed by atoms with van der Waals surface area (Å²) in [4.78, 5) is 41.5. The maximum atomic E-state index is 12.7. The average molecular weight is 420 g/mol. The molecule has 0 radical (unpaired) electrons. The standard InChI is InChI=1S/C23H24N4O4/c24-20-6-4-14(11-26-20)5-7-21(28)25-9-8-17-18-12-27(13-19(17)18)22(29)15-2-1-3-16(10-15)23(30)31/h1-7,10-11,17-19H,8-9,12-13H2,(H2,24,26)(H,25,28)(H,30,31)/b7-5+/t17?,18-,19+. The van der Waals surface area contributed by atoms with Gasteiger partial charge in [0.1, 0.15) is 5.82 Å². The summed E-state index contributed by atoms with van der Waals surface area (Å²) in [5.41, 5.74) is 6.87. The Morgan fingerprint density at radius 3 is 2.58 bits per heavy atom. The Morgan fingerprint density at radius 1 is 1.16 bits per heavy atom. The van der Waals surface area contributed by atoms with E-state index < -0.39 is 5.97 Å². The van der Waals surface area contributed by atoms with Crippen LogP contribution in [0.15, 0.2) is 48.7 Å². The average Bonchev–Trinajstić information content (AvgIpc) is 3.21. The highest BCUT2D eigenvalue weighted by atomic mass is 16.4. The van der Waals surface area contributed by atoms with Crippen molar-refractivity contribution < 1.29 is 19.5 Å². The van der Waals surface area contributed by atoms with Gasteiger partial charge in [-0.25, -0.2) is 9.78 Å². The summed E-state index contributed by atoms with van der Waals surface area (Å²) >= 11 is 0. The topological polar surface area (TPSA) is 126 Å². The molecule has 1 aliphatic carbocycles. The van der Waals surface area contributed by atoms with Gasteiger partial charge in [0.2, 0.25) is 5.91 Å². The zero-order valence-electron chi connectivity index (χ0n) is 16.9. The molecule has 2 heterocycles. The summed E-state index contributed by atoms with van der Waals surface area (Å²) < 4.78 is 0. The number of benzene rings is 1. The number of carboxylic acids is 1. The minimum absolute atomic E-state index is 0.116. The molecule has 8 heteroatoms. The van der Waals surface area contributed by atoms with Crippen molar-refractivity contribution in [2.24, 2.45) is 17.8 Å². The van der Waals surface area contributed by atoms with Crippen LogP contribution in [0.3, 0.4) is 0 Å². The van der Waals surface area contributed by atoms with Gasteiger partial charge in [0.05, 0.1) is 5.56 Å². The van der Waals surface area contributed by atoms with Crippen molar-refractivity contribution in [3.8, 4) is 0 Å². The molecule has 2 amide bonds. The SMILES string of the molecule is Nc1ccc(/C=C/C(=O)NCCC2[C@H]3CN(C(=O)c4cccc(C(=O)O)c4)C[C@@H]23)cn1. The zero-order chi connectivity index (χ0) is 22.0. The van der Waals surface area contributed by atoms with E-state index >= 15 is 0 Å². The number of nitrogens with one attached hydrogen (secondary N) is 1. The Hall–Kier alpha value is -3.68. The van der Waals surface area contributed by atoms with Crippen molar-refractivity contribution in [3.05, 3.63) is 65.4 Å². The van der Waals surface area contributed by atoms with Crippen LogP contribution in [-0.2, 0) is 4.79 Å². The number of amides is 2. The Kier molecular flexibility index (Phi) is 5.70. The molecule has 8 nitrogen and oxygen atoms in total. The Bertz CT molecular complexity index is 1020. The van der Waals surface area contributed by atoms with E-state index in [1.165, 1.54) is 18.2 Å². The fraction of sp³-hybridized carbons (Fsp3) is 0.304. The molecule has 0 spiro atoms. The van der Waals surface area contributed by atoms with Crippen LogP contribution in [0.25, 0.3) is 6.08 Å². The van der Waals surface area contributed by atoms with Crippen LogP contribution in [0.2, 0.25) is 0 Å². The normalized spacial score (nSPS) is 21.7. The van der Waals surface area contributed by atoms with Gasteiger partial charge in [-0.05, 0) is 66.1 Å². The molecule has 31 heavy (non-hydrogen) atoms. The van der Waals surface area contributed by atoms with Crippen LogP contribution >= 0.6 is 0 Å². The number of hydrogen-bond acceptors (Lipinski definition) is 5. The second-order valence-corrected chi connectivity index (χ2v) is 8.02. The van der Waals surface area contributed by atoms with E-state index in [1.807, 2.05) is 0 Å². The van der Waals surface area contributed by atoms with Crippen LogP contribution in [-0.4, -0.2) is 52.4 Å². The van der Waals surface area contributed by atoms with E-state index in [9.17, 15) is 14.4 Å². The van der Waals surface area contributed by atoms with E-state index in [0.717, 1.165) is 12.0 Å². The number of likely N-dealkylation sites (tertiary alicyclic amines) is 1. The number of carbonyl (C=O) groups excluding carboxylic acids is 2. The monoisotopic (exact) mass is 420 g/mol. The first-order valence-corrected chi connectivity index (χ1v) is 10.2. The molecule has 2 aliphatic rings. The quantitative estimate of drug-likeness (QED) is 0.588. The molecule has 1 aromatic heterocycles. The molecule has 1 saturated heterocycles. The molecule has 160 valence electrons. The van der Waals surface area contributed by atoms with Gasteiger partial charge in [-0.15, -0.1) is 0 Å². The number of rotatable bonds is 7. The molecule has 1 unspecified atom stereocenters. The van der Waals surface area contributed by atoms with Gasteiger partial charge >= 0.3 is 5.97 Å². The van der Waals surface area contributed by atoms with E-state index in [2.05, 4.69) is 10.3 Å². The van der Waals surface area contributed by atoms with E-state index in [-0.39, 0.29) is 17.4 Å². The van der Waals surface area contributed by atoms with Crippen molar-refractivity contribution in [2.45, 2.75) is 6.42 Å². The first-order valence-electron chi connectivity index (χ1n) is 10.2. The first kappa shape index (κ1) is 20.6. The molecule has 1 aromatic carbocycles. The minimum Gasteiger partial charge on any atom is -0.478 e. The number of piperidine rings is 1. The molecule has 4 rings (SSSR count). The van der Waals surface area contributed by atoms with Gasteiger partial charge in [-0.3, -0.25) is 9.59 Å². The van der Waals surface area contributed by atoms with Crippen LogP contribution in [0.4, 0.5) is 5.82 Å². The van der Waals surface area contributed by atoms with E-state index in [4.69, 9.17) is 10.8 Å². The predicted octanol–water partition coefficient (Wildman–Crippen LogP) is 1.90. The molecule has 4 N–H and O–H groups in total. The lowest BCUT2D eigenvalue weighted by molar-refractivity contribution is -0.116. The summed E-state index contributed by atoms with van der Waals surface area (Å²) in [5, 5.41) is 12.0. The maximum absolute atomic E-state index is 12.7. The smallest absolute Gasteiger partial charge is 0.335 e. The third-order valence-electron chi connectivity index (χ3n) is 6.03. The Balaban J connectivity index is 1.19. The number of carbonyl (C=O) groups is 3. The lowest BCUT2D eigenvalue weighted by Crippen LogP contribution is -2.32. The number of aromatic nitrogens is 1. The number of hydrogen-bond donors (Lipinski definition) is 3. The lowest BCUT2D eigenvalue weighted by Gasteiger charge is -2.20. The first-order chi connectivity index (χ1) is 14.9. The van der Waals surface area contributed by atoms with Crippen molar-refractivity contribution in [3.63, 3.8) is 0 Å². The molecule has 3 atom stereocenters. The van der Waals surface area contributed by atoms with Crippen molar-refractivity contribution >= 4 is 29.7 Å². The van der Waals surface area contributed by atoms with Gasteiger partial charge in [0.15, 0.2) is 0 Å². The highest BCUT2D eigenvalue weighted by Gasteiger charge is 2.55. The maximum Gasteiger partial charge on any atom is 0.335 e. The van der Waals surface area contributed by atoms with Crippen LogP contribution < -0.4 is 11.1 Å². The summed E-state index contributed by atoms with van der Waals surface area (Å²) in [5.74, 6) is 0.550. The molecule has 1 saturated carbocycles. The molecule has 2 fully saturated rings. The largest absolute Gasteiger partial charge is 0.478 e. The van der Waals surface area contributed by atoms with Crippen molar-refractivity contribution in [1.82, 2.24) is 15.2 Å². The van der Waals surface area contributed by atoms with Gasteiger partial charge in [-0.1, -0.05) is 6.07 Å². The highest BCUT2D eigenvalue weighted by molar-refractivity contribution is 5.97. The summed E-state index contributed by atoms with van der Waals surface area (Å²) in [6, 6.07) is 9.63. The Morgan fingerprint density at radius 2 is 1.90 bits per heavy atom. The number of fused-ring (bicyclic) bond motifs is 1. The highest BCUT2D eigenvalue weighted by Crippen LogP contribution is 2.53. The minimum atomic E-state index is -1.04.